The second-order valence-corrected chi connectivity index (χ2v) is 2.46. The third kappa shape index (κ3) is 5.41. The standard InChI is InChI=1S/C9H9F2NO3/c1-3-5-12(2)8(13)9(14)15-6-4-7(10)11/h1,4H,5-6H2,2H3. The Balaban J connectivity index is 4.06. The van der Waals surface area contributed by atoms with E-state index in [0.717, 1.165) is 4.90 Å². The zero-order valence-corrected chi connectivity index (χ0v) is 8.00. The summed E-state index contributed by atoms with van der Waals surface area (Å²) in [5.41, 5.74) is 0. The molecule has 0 saturated carbocycles. The molecule has 0 aromatic carbocycles. The van der Waals surface area contributed by atoms with E-state index in [4.69, 9.17) is 6.42 Å². The van der Waals surface area contributed by atoms with Crippen molar-refractivity contribution < 1.29 is 23.1 Å². The molecule has 0 saturated heterocycles. The van der Waals surface area contributed by atoms with E-state index in [2.05, 4.69) is 10.7 Å². The summed E-state index contributed by atoms with van der Waals surface area (Å²) in [5, 5.41) is 0. The van der Waals surface area contributed by atoms with Crippen LogP contribution in [0.5, 0.6) is 0 Å². The first-order valence-corrected chi connectivity index (χ1v) is 3.86. The molecule has 1 amide bonds. The maximum Gasteiger partial charge on any atom is 0.397 e. The van der Waals surface area contributed by atoms with Gasteiger partial charge in [0, 0.05) is 13.1 Å². The lowest BCUT2D eigenvalue weighted by Crippen LogP contribution is -2.34. The molecule has 0 aromatic heterocycles. The number of terminal acetylenes is 1. The van der Waals surface area contributed by atoms with Crippen LogP contribution in [0.2, 0.25) is 0 Å². The molecular weight excluding hydrogens is 208 g/mol. The van der Waals surface area contributed by atoms with Crippen LogP contribution in [0.4, 0.5) is 8.78 Å². The van der Waals surface area contributed by atoms with Crippen LogP contribution in [0.3, 0.4) is 0 Å². The molecule has 6 heteroatoms. The van der Waals surface area contributed by atoms with Crippen molar-refractivity contribution in [2.75, 3.05) is 20.2 Å². The van der Waals surface area contributed by atoms with Crippen LogP contribution in [0.15, 0.2) is 12.2 Å². The number of ether oxygens (including phenoxy) is 1. The van der Waals surface area contributed by atoms with Gasteiger partial charge in [-0.1, -0.05) is 5.92 Å². The maximum atomic E-state index is 11.5. The summed E-state index contributed by atoms with van der Waals surface area (Å²) >= 11 is 0. The summed E-state index contributed by atoms with van der Waals surface area (Å²) in [6.07, 6.45) is 3.30. The van der Waals surface area contributed by atoms with E-state index in [-0.39, 0.29) is 6.54 Å². The van der Waals surface area contributed by atoms with Crippen LogP contribution in [0.1, 0.15) is 0 Å². The molecule has 4 nitrogen and oxygen atoms in total. The summed E-state index contributed by atoms with van der Waals surface area (Å²) in [4.78, 5) is 22.9. The first kappa shape index (κ1) is 13.1. The fourth-order valence-corrected chi connectivity index (χ4v) is 0.607. The van der Waals surface area contributed by atoms with Crippen molar-refractivity contribution in [3.63, 3.8) is 0 Å². The molecule has 0 bridgehead atoms. The maximum absolute atomic E-state index is 11.5. The molecule has 0 aliphatic carbocycles. The highest BCUT2D eigenvalue weighted by Crippen LogP contribution is 1.96. The van der Waals surface area contributed by atoms with Crippen molar-refractivity contribution in [3.8, 4) is 12.3 Å². The van der Waals surface area contributed by atoms with E-state index in [1.165, 1.54) is 7.05 Å². The lowest BCUT2D eigenvalue weighted by atomic mass is 10.5. The number of nitrogens with zero attached hydrogens (tertiary/aromatic N) is 1. The first-order chi connectivity index (χ1) is 6.99. The Morgan fingerprint density at radius 3 is 2.60 bits per heavy atom. The monoisotopic (exact) mass is 217 g/mol. The Morgan fingerprint density at radius 1 is 1.53 bits per heavy atom. The number of carbonyl (C=O) groups is 2. The smallest absolute Gasteiger partial charge is 0.397 e. The summed E-state index contributed by atoms with van der Waals surface area (Å²) in [7, 11) is 1.30. The van der Waals surface area contributed by atoms with E-state index in [0.29, 0.717) is 6.08 Å². The fraction of sp³-hybridized carbons (Fsp3) is 0.333. The summed E-state index contributed by atoms with van der Waals surface area (Å²) in [5.74, 6) is -0.0461. The number of hydrogen-bond donors (Lipinski definition) is 0. The Labute approximate surface area is 85.5 Å². The minimum Gasteiger partial charge on any atom is -0.454 e. The summed E-state index contributed by atoms with van der Waals surface area (Å²) < 4.78 is 27.3. The molecule has 0 unspecified atom stereocenters. The third-order valence-corrected chi connectivity index (χ3v) is 1.30. The molecule has 0 radical (unpaired) electrons. The number of rotatable bonds is 3. The van der Waals surface area contributed by atoms with Crippen LogP contribution >= 0.6 is 0 Å². The number of amides is 1. The minimum absolute atomic E-state index is 0.0543. The van der Waals surface area contributed by atoms with Gasteiger partial charge in [-0.3, -0.25) is 4.79 Å². The average molecular weight is 217 g/mol. The second kappa shape index (κ2) is 6.54. The van der Waals surface area contributed by atoms with Gasteiger partial charge < -0.3 is 9.64 Å². The first-order valence-electron chi connectivity index (χ1n) is 3.86. The molecule has 0 rings (SSSR count). The quantitative estimate of drug-likeness (QED) is 0.390. The van der Waals surface area contributed by atoms with Crippen molar-refractivity contribution in [1.82, 2.24) is 4.90 Å². The Bertz CT molecular complexity index is 316. The normalized spacial score (nSPS) is 8.67. The van der Waals surface area contributed by atoms with Crippen LogP contribution in [0, 0.1) is 12.3 Å². The second-order valence-electron chi connectivity index (χ2n) is 2.46. The highest BCUT2D eigenvalue weighted by atomic mass is 19.3. The van der Waals surface area contributed by atoms with Crippen LogP contribution in [0.25, 0.3) is 0 Å². The van der Waals surface area contributed by atoms with E-state index in [9.17, 15) is 18.4 Å². The van der Waals surface area contributed by atoms with Crippen molar-refractivity contribution in [2.45, 2.75) is 0 Å². The number of carbonyl (C=O) groups excluding carboxylic acids is 2. The van der Waals surface area contributed by atoms with Gasteiger partial charge in [0.1, 0.15) is 6.61 Å². The Hall–Kier alpha value is -1.90. The molecule has 0 N–H and O–H groups in total. The highest BCUT2D eigenvalue weighted by molar-refractivity contribution is 6.32. The fourth-order valence-electron chi connectivity index (χ4n) is 0.607. The van der Waals surface area contributed by atoms with Gasteiger partial charge >= 0.3 is 11.9 Å². The number of likely N-dealkylation sites (N-methyl/N-ethyl adjacent to an activating group) is 1. The van der Waals surface area contributed by atoms with Crippen LogP contribution < -0.4 is 0 Å². The number of esters is 1. The average Bonchev–Trinajstić information content (AvgIpc) is 2.16. The molecule has 0 spiro atoms. The van der Waals surface area contributed by atoms with Gasteiger partial charge in [-0.05, 0) is 0 Å². The van der Waals surface area contributed by atoms with Gasteiger partial charge in [-0.25, -0.2) is 4.79 Å². The molecule has 0 aliphatic heterocycles. The number of halogens is 2. The van der Waals surface area contributed by atoms with Crippen molar-refractivity contribution in [3.05, 3.63) is 12.2 Å². The van der Waals surface area contributed by atoms with Crippen LogP contribution in [-0.4, -0.2) is 37.0 Å². The molecule has 0 aliphatic rings. The van der Waals surface area contributed by atoms with Crippen molar-refractivity contribution in [1.29, 1.82) is 0 Å². The topological polar surface area (TPSA) is 46.6 Å². The van der Waals surface area contributed by atoms with E-state index in [1.54, 1.807) is 0 Å². The van der Waals surface area contributed by atoms with E-state index < -0.39 is 24.6 Å². The highest BCUT2D eigenvalue weighted by Gasteiger charge is 2.18. The van der Waals surface area contributed by atoms with Crippen LogP contribution in [-0.2, 0) is 14.3 Å². The molecule has 0 fully saturated rings. The van der Waals surface area contributed by atoms with E-state index >= 15 is 0 Å². The van der Waals surface area contributed by atoms with Gasteiger partial charge in [0.05, 0.1) is 6.54 Å². The Kier molecular flexibility index (Phi) is 5.71. The Morgan fingerprint density at radius 2 is 2.13 bits per heavy atom. The van der Waals surface area contributed by atoms with Crippen molar-refractivity contribution >= 4 is 11.9 Å². The number of hydrogen-bond acceptors (Lipinski definition) is 3. The van der Waals surface area contributed by atoms with Gasteiger partial charge in [0.15, 0.2) is 0 Å². The molecule has 82 valence electrons. The lowest BCUT2D eigenvalue weighted by Gasteiger charge is -2.11. The summed E-state index contributed by atoms with van der Waals surface area (Å²) in [6, 6.07) is 0. The van der Waals surface area contributed by atoms with Gasteiger partial charge in [0.25, 0.3) is 6.08 Å². The van der Waals surface area contributed by atoms with Gasteiger partial charge in [-0.2, -0.15) is 8.78 Å². The van der Waals surface area contributed by atoms with Crippen molar-refractivity contribution in [2.24, 2.45) is 0 Å². The third-order valence-electron chi connectivity index (χ3n) is 1.30. The van der Waals surface area contributed by atoms with Gasteiger partial charge in [0.2, 0.25) is 0 Å². The zero-order chi connectivity index (χ0) is 11.8. The molecule has 0 atom stereocenters. The SMILES string of the molecule is C#CCN(C)C(=O)C(=O)OCC=C(F)F. The molecule has 0 heterocycles. The molecule has 15 heavy (non-hydrogen) atoms. The molecular formula is C9H9F2NO3. The lowest BCUT2D eigenvalue weighted by molar-refractivity contribution is -0.158. The zero-order valence-electron chi connectivity index (χ0n) is 8.00. The molecule has 0 aromatic rings. The summed E-state index contributed by atoms with van der Waals surface area (Å²) in [6.45, 7) is -0.696. The van der Waals surface area contributed by atoms with E-state index in [1.807, 2.05) is 0 Å². The predicted octanol–water partition coefficient (Wildman–Crippen LogP) is 0.402. The predicted molar refractivity (Wildman–Crippen MR) is 47.7 cm³/mol. The van der Waals surface area contributed by atoms with Gasteiger partial charge in [-0.15, -0.1) is 6.42 Å². The minimum atomic E-state index is -1.98. The largest absolute Gasteiger partial charge is 0.454 e.